The molecule has 1 aromatic heterocycles. The van der Waals surface area contributed by atoms with Crippen molar-refractivity contribution in [1.82, 2.24) is 9.88 Å². The van der Waals surface area contributed by atoms with Gasteiger partial charge in [0.15, 0.2) is 0 Å². The molecule has 30 heavy (non-hydrogen) atoms. The molecule has 2 heterocycles. The van der Waals surface area contributed by atoms with Gasteiger partial charge in [0.1, 0.15) is 11.4 Å². The van der Waals surface area contributed by atoms with Gasteiger partial charge in [0.2, 0.25) is 0 Å². The molecule has 0 fully saturated rings. The van der Waals surface area contributed by atoms with E-state index in [0.29, 0.717) is 18.2 Å². The Kier molecular flexibility index (Phi) is 5.53. The van der Waals surface area contributed by atoms with Crippen molar-refractivity contribution in [2.45, 2.75) is 38.5 Å². The Balaban J connectivity index is 2.34. The highest BCUT2D eigenvalue weighted by atomic mass is 19.4. The fraction of sp³-hybridized carbons (Fsp3) is 0.381. The Bertz CT molecular complexity index is 1040. The lowest BCUT2D eigenvalue weighted by molar-refractivity contribution is -0.289. The Morgan fingerprint density at radius 3 is 2.40 bits per heavy atom. The molecule has 0 atom stereocenters. The van der Waals surface area contributed by atoms with Crippen LogP contribution in [0.3, 0.4) is 0 Å². The summed E-state index contributed by atoms with van der Waals surface area (Å²) >= 11 is 0. The number of nitrogens with one attached hydrogen (secondary N) is 1. The van der Waals surface area contributed by atoms with Crippen molar-refractivity contribution in [3.63, 3.8) is 0 Å². The number of pyridine rings is 1. The van der Waals surface area contributed by atoms with E-state index in [4.69, 9.17) is 4.74 Å². The monoisotopic (exact) mass is 428 g/mol. The van der Waals surface area contributed by atoms with Gasteiger partial charge in [0, 0.05) is 35.5 Å². The van der Waals surface area contributed by atoms with Gasteiger partial charge in [0.25, 0.3) is 5.56 Å². The van der Waals surface area contributed by atoms with Crippen LogP contribution >= 0.6 is 0 Å². The Hall–Kier alpha value is -2.68. The average molecular weight is 428 g/mol. The molecule has 1 aliphatic heterocycles. The third-order valence-electron chi connectivity index (χ3n) is 4.95. The maximum Gasteiger partial charge on any atom is 0.458 e. The SMILES string of the molecule is CCNCC1=C(n2ccccc2=O)c2cc(C(F)(F)C(F)(F)F)ccc2OC1(C)C. The van der Waals surface area contributed by atoms with Gasteiger partial charge < -0.3 is 10.1 Å². The molecule has 4 nitrogen and oxygen atoms in total. The summed E-state index contributed by atoms with van der Waals surface area (Å²) in [5.41, 5.74) is -1.82. The van der Waals surface area contributed by atoms with E-state index in [2.05, 4.69) is 5.32 Å². The Morgan fingerprint density at radius 2 is 1.80 bits per heavy atom. The van der Waals surface area contributed by atoms with Crippen LogP contribution < -0.4 is 15.6 Å². The summed E-state index contributed by atoms with van der Waals surface area (Å²) in [4.78, 5) is 12.5. The van der Waals surface area contributed by atoms with Gasteiger partial charge in [-0.3, -0.25) is 9.36 Å². The molecular weight excluding hydrogens is 407 g/mol. The molecule has 0 bridgehead atoms. The zero-order valence-corrected chi connectivity index (χ0v) is 16.6. The number of nitrogens with zero attached hydrogens (tertiary/aromatic N) is 1. The summed E-state index contributed by atoms with van der Waals surface area (Å²) in [7, 11) is 0. The second kappa shape index (κ2) is 7.54. The maximum absolute atomic E-state index is 14.0. The molecule has 1 aliphatic rings. The molecule has 3 rings (SSSR count). The predicted octanol–water partition coefficient (Wildman–Crippen LogP) is 4.54. The van der Waals surface area contributed by atoms with E-state index >= 15 is 0 Å². The lowest BCUT2D eigenvalue weighted by Gasteiger charge is -2.38. The highest BCUT2D eigenvalue weighted by Gasteiger charge is 2.59. The summed E-state index contributed by atoms with van der Waals surface area (Å²) in [5, 5.41) is 3.11. The van der Waals surface area contributed by atoms with Crippen molar-refractivity contribution in [2.24, 2.45) is 0 Å². The van der Waals surface area contributed by atoms with Gasteiger partial charge in [-0.2, -0.15) is 22.0 Å². The first-order valence-electron chi connectivity index (χ1n) is 9.31. The lowest BCUT2D eigenvalue weighted by Crippen LogP contribution is -2.41. The summed E-state index contributed by atoms with van der Waals surface area (Å²) in [6, 6.07) is 6.92. The minimum Gasteiger partial charge on any atom is -0.483 e. The molecular formula is C21H21F5N2O2. The zero-order valence-electron chi connectivity index (χ0n) is 16.6. The van der Waals surface area contributed by atoms with E-state index in [1.54, 1.807) is 19.9 Å². The molecule has 0 spiro atoms. The van der Waals surface area contributed by atoms with Crippen molar-refractivity contribution in [3.8, 4) is 5.75 Å². The topological polar surface area (TPSA) is 43.3 Å². The summed E-state index contributed by atoms with van der Waals surface area (Å²) < 4.78 is 74.1. The van der Waals surface area contributed by atoms with E-state index in [-0.39, 0.29) is 23.6 Å². The lowest BCUT2D eigenvalue weighted by atomic mass is 9.88. The first kappa shape index (κ1) is 22.0. The van der Waals surface area contributed by atoms with Crippen molar-refractivity contribution in [3.05, 3.63) is 69.6 Å². The number of alkyl halides is 5. The largest absolute Gasteiger partial charge is 0.483 e. The van der Waals surface area contributed by atoms with Gasteiger partial charge in [-0.15, -0.1) is 0 Å². The highest BCUT2D eigenvalue weighted by Crippen LogP contribution is 2.47. The quantitative estimate of drug-likeness (QED) is 0.711. The molecule has 0 saturated carbocycles. The molecule has 9 heteroatoms. The molecule has 0 saturated heterocycles. The van der Waals surface area contributed by atoms with Gasteiger partial charge >= 0.3 is 12.1 Å². The van der Waals surface area contributed by atoms with Crippen LogP contribution in [0.1, 0.15) is 31.9 Å². The number of ether oxygens (including phenoxy) is 1. The first-order chi connectivity index (χ1) is 13.9. The first-order valence-corrected chi connectivity index (χ1v) is 9.31. The molecule has 162 valence electrons. The summed E-state index contributed by atoms with van der Waals surface area (Å²) in [6.07, 6.45) is -4.31. The normalized spacial score (nSPS) is 16.3. The van der Waals surface area contributed by atoms with Crippen LogP contribution in [-0.2, 0) is 5.92 Å². The number of rotatable bonds is 5. The van der Waals surface area contributed by atoms with Crippen LogP contribution in [0.15, 0.2) is 53.0 Å². The number of aromatic nitrogens is 1. The Morgan fingerprint density at radius 1 is 1.10 bits per heavy atom. The van der Waals surface area contributed by atoms with E-state index in [1.807, 2.05) is 6.92 Å². The van der Waals surface area contributed by atoms with Crippen LogP contribution in [0.25, 0.3) is 5.70 Å². The van der Waals surface area contributed by atoms with Crippen LogP contribution in [0.4, 0.5) is 22.0 Å². The van der Waals surface area contributed by atoms with E-state index < -0.39 is 28.8 Å². The molecule has 2 aromatic rings. The van der Waals surface area contributed by atoms with E-state index in [9.17, 15) is 26.7 Å². The number of likely N-dealkylation sites (N-methyl/N-ethyl adjacent to an activating group) is 1. The average Bonchev–Trinajstić information content (AvgIpc) is 2.65. The van der Waals surface area contributed by atoms with Crippen molar-refractivity contribution in [2.75, 3.05) is 13.1 Å². The molecule has 0 radical (unpaired) electrons. The van der Waals surface area contributed by atoms with Gasteiger partial charge in [-0.05, 0) is 44.7 Å². The number of benzene rings is 1. The number of hydrogen-bond donors (Lipinski definition) is 1. The Labute approximate surface area is 170 Å². The van der Waals surface area contributed by atoms with Gasteiger partial charge in [-0.25, -0.2) is 0 Å². The fourth-order valence-corrected chi connectivity index (χ4v) is 3.38. The minimum atomic E-state index is -5.75. The third-order valence-corrected chi connectivity index (χ3v) is 4.95. The van der Waals surface area contributed by atoms with E-state index in [1.165, 1.54) is 22.9 Å². The van der Waals surface area contributed by atoms with Crippen molar-refractivity contribution >= 4 is 5.70 Å². The smallest absolute Gasteiger partial charge is 0.458 e. The number of fused-ring (bicyclic) bond motifs is 1. The molecule has 0 unspecified atom stereocenters. The predicted molar refractivity (Wildman–Crippen MR) is 103 cm³/mol. The summed E-state index contributed by atoms with van der Waals surface area (Å²) in [5.74, 6) is -4.93. The van der Waals surface area contributed by atoms with E-state index in [0.717, 1.165) is 12.1 Å². The second-order valence-corrected chi connectivity index (χ2v) is 7.41. The standard InChI is InChI=1S/C21H21F5N2O2/c1-4-27-12-15-18(28-10-6-5-7-17(28)29)14-11-13(20(22,23)21(24,25)26)8-9-16(14)30-19(15,2)3/h5-11,27H,4,12H2,1-3H3. The molecule has 0 amide bonds. The molecule has 1 aromatic carbocycles. The van der Waals surface area contributed by atoms with Gasteiger partial charge in [0.05, 0.1) is 5.70 Å². The second-order valence-electron chi connectivity index (χ2n) is 7.41. The van der Waals surface area contributed by atoms with Crippen molar-refractivity contribution in [1.29, 1.82) is 0 Å². The molecule has 0 aliphatic carbocycles. The number of hydrogen-bond acceptors (Lipinski definition) is 3. The van der Waals surface area contributed by atoms with Crippen LogP contribution in [-0.4, -0.2) is 29.4 Å². The van der Waals surface area contributed by atoms with Crippen LogP contribution in [0.5, 0.6) is 5.75 Å². The van der Waals surface area contributed by atoms with Crippen molar-refractivity contribution < 1.29 is 26.7 Å². The minimum absolute atomic E-state index is 0.00282. The highest BCUT2D eigenvalue weighted by molar-refractivity contribution is 5.77. The van der Waals surface area contributed by atoms with Gasteiger partial charge in [-0.1, -0.05) is 13.0 Å². The van der Waals surface area contributed by atoms with Crippen LogP contribution in [0.2, 0.25) is 0 Å². The molecule has 1 N–H and O–H groups in total. The fourth-order valence-electron chi connectivity index (χ4n) is 3.38. The number of halogens is 5. The summed E-state index contributed by atoms with van der Waals surface area (Å²) in [6.45, 7) is 6.18. The van der Waals surface area contributed by atoms with Crippen LogP contribution in [0, 0.1) is 0 Å². The zero-order chi connectivity index (χ0) is 22.3. The maximum atomic E-state index is 14.0. The third kappa shape index (κ3) is 3.74.